The van der Waals surface area contributed by atoms with Gasteiger partial charge in [-0.3, -0.25) is 19.1 Å². The van der Waals surface area contributed by atoms with Crippen LogP contribution in [0.25, 0.3) is 0 Å². The van der Waals surface area contributed by atoms with Gasteiger partial charge < -0.3 is 10.6 Å². The highest BCUT2D eigenvalue weighted by Gasteiger charge is 2.45. The largest absolute Gasteiger partial charge is 0.376 e. The molecule has 2 aliphatic rings. The van der Waals surface area contributed by atoms with Gasteiger partial charge in [-0.25, -0.2) is 0 Å². The molecule has 0 saturated heterocycles. The summed E-state index contributed by atoms with van der Waals surface area (Å²) in [5.74, 6) is -0.260. The number of hydrogen-bond donors (Lipinski definition) is 2. The quantitative estimate of drug-likeness (QED) is 0.884. The van der Waals surface area contributed by atoms with E-state index in [0.29, 0.717) is 17.3 Å². The summed E-state index contributed by atoms with van der Waals surface area (Å²) < 4.78 is 1.59. The van der Waals surface area contributed by atoms with Crippen LogP contribution in [-0.4, -0.2) is 15.5 Å². The van der Waals surface area contributed by atoms with E-state index in [9.17, 15) is 9.59 Å². The first kappa shape index (κ1) is 16.1. The van der Waals surface area contributed by atoms with Gasteiger partial charge in [0.2, 0.25) is 0 Å². The summed E-state index contributed by atoms with van der Waals surface area (Å²) in [7, 11) is 0. The van der Waals surface area contributed by atoms with Gasteiger partial charge in [0.25, 0.3) is 11.5 Å². The van der Waals surface area contributed by atoms with Crippen molar-refractivity contribution in [2.75, 3.05) is 5.32 Å². The maximum atomic E-state index is 13.1. The van der Waals surface area contributed by atoms with Crippen molar-refractivity contribution in [3.63, 3.8) is 0 Å². The van der Waals surface area contributed by atoms with Crippen molar-refractivity contribution in [3.05, 3.63) is 57.2 Å². The fourth-order valence-corrected chi connectivity index (χ4v) is 4.12. The molecule has 0 radical (unpaired) electrons. The predicted molar refractivity (Wildman–Crippen MR) is 95.8 cm³/mol. The van der Waals surface area contributed by atoms with Crippen LogP contribution in [0.5, 0.6) is 0 Å². The van der Waals surface area contributed by atoms with Crippen molar-refractivity contribution in [2.24, 2.45) is 0 Å². The topological polar surface area (TPSA) is 76.0 Å². The first-order valence-corrected chi connectivity index (χ1v) is 8.90. The van der Waals surface area contributed by atoms with E-state index in [4.69, 9.17) is 11.6 Å². The van der Waals surface area contributed by atoms with E-state index in [-0.39, 0.29) is 17.2 Å². The summed E-state index contributed by atoms with van der Waals surface area (Å²) in [5.41, 5.74) is 0.876. The van der Waals surface area contributed by atoms with Crippen LogP contribution in [0.1, 0.15) is 48.2 Å². The molecule has 1 amide bonds. The van der Waals surface area contributed by atoms with Gasteiger partial charge in [-0.15, -0.1) is 0 Å². The highest BCUT2D eigenvalue weighted by molar-refractivity contribution is 6.34. The van der Waals surface area contributed by atoms with Gasteiger partial charge in [-0.2, -0.15) is 0 Å². The summed E-state index contributed by atoms with van der Waals surface area (Å²) in [6.07, 6.45) is 8.02. The minimum Gasteiger partial charge on any atom is -0.376 e. The van der Waals surface area contributed by atoms with Gasteiger partial charge in [0.15, 0.2) is 0 Å². The number of nitrogens with one attached hydrogen (secondary N) is 2. The van der Waals surface area contributed by atoms with E-state index < -0.39 is 5.66 Å². The zero-order valence-corrected chi connectivity index (χ0v) is 14.5. The molecule has 0 aromatic carbocycles. The number of anilines is 1. The number of carbonyl (C=O) groups is 1. The molecular formula is C18H19ClN4O2. The summed E-state index contributed by atoms with van der Waals surface area (Å²) in [6.45, 7) is 0.488. The number of hydrogen-bond acceptors (Lipinski definition) is 4. The fourth-order valence-electron chi connectivity index (χ4n) is 3.84. The molecule has 4 rings (SSSR count). The Morgan fingerprint density at radius 2 is 1.92 bits per heavy atom. The lowest BCUT2D eigenvalue weighted by Crippen LogP contribution is -2.48. The Bertz CT molecular complexity index is 873. The van der Waals surface area contributed by atoms with Gasteiger partial charge >= 0.3 is 0 Å². The minimum atomic E-state index is -0.625. The Morgan fingerprint density at radius 1 is 1.20 bits per heavy atom. The first-order valence-electron chi connectivity index (χ1n) is 8.52. The van der Waals surface area contributed by atoms with Gasteiger partial charge in [0.1, 0.15) is 17.0 Å². The van der Waals surface area contributed by atoms with E-state index >= 15 is 0 Å². The molecule has 1 saturated carbocycles. The highest BCUT2D eigenvalue weighted by Crippen LogP contribution is 2.38. The second kappa shape index (κ2) is 6.19. The smallest absolute Gasteiger partial charge is 0.276 e. The molecule has 130 valence electrons. The average molecular weight is 359 g/mol. The number of pyridine rings is 2. The van der Waals surface area contributed by atoms with Crippen LogP contribution in [-0.2, 0) is 12.2 Å². The molecule has 1 aliphatic heterocycles. The Hall–Kier alpha value is -2.34. The van der Waals surface area contributed by atoms with E-state index in [1.807, 2.05) is 12.1 Å². The maximum Gasteiger partial charge on any atom is 0.276 e. The zero-order valence-electron chi connectivity index (χ0n) is 13.7. The number of carbonyl (C=O) groups excluding carboxylic acids is 1. The second-order valence-electron chi connectivity index (χ2n) is 6.65. The van der Waals surface area contributed by atoms with Crippen LogP contribution in [0.4, 0.5) is 5.69 Å². The molecule has 1 spiro atoms. The SMILES string of the molecule is O=C1NC2(CCCCC2)n2c1c(Cl)cc(NCc1ccncc1)c2=O. The summed E-state index contributed by atoms with van der Waals surface area (Å²) >= 11 is 6.36. The van der Waals surface area contributed by atoms with Crippen molar-refractivity contribution < 1.29 is 4.79 Å². The van der Waals surface area contributed by atoms with Gasteiger partial charge in [-0.05, 0) is 49.4 Å². The van der Waals surface area contributed by atoms with Gasteiger partial charge in [-0.1, -0.05) is 18.0 Å². The molecule has 1 aliphatic carbocycles. The third-order valence-corrected chi connectivity index (χ3v) is 5.34. The molecule has 6 nitrogen and oxygen atoms in total. The average Bonchev–Trinajstić information content (AvgIpc) is 2.91. The van der Waals surface area contributed by atoms with Crippen molar-refractivity contribution in [2.45, 2.75) is 44.3 Å². The number of rotatable bonds is 3. The third kappa shape index (κ3) is 2.70. The van der Waals surface area contributed by atoms with Crippen LogP contribution in [0.15, 0.2) is 35.4 Å². The van der Waals surface area contributed by atoms with Gasteiger partial charge in [0.05, 0.1) is 5.02 Å². The second-order valence-corrected chi connectivity index (χ2v) is 7.06. The van der Waals surface area contributed by atoms with E-state index in [0.717, 1.165) is 37.7 Å². The van der Waals surface area contributed by atoms with Crippen LogP contribution in [0.2, 0.25) is 5.02 Å². The van der Waals surface area contributed by atoms with Crippen molar-refractivity contribution in [3.8, 4) is 0 Å². The molecular weight excluding hydrogens is 340 g/mol. The van der Waals surface area contributed by atoms with Crippen LogP contribution >= 0.6 is 11.6 Å². The number of aromatic nitrogens is 2. The molecule has 2 aromatic rings. The Kier molecular flexibility index (Phi) is 4.00. The molecule has 25 heavy (non-hydrogen) atoms. The van der Waals surface area contributed by atoms with Gasteiger partial charge in [0, 0.05) is 18.9 Å². The standard InChI is InChI=1S/C18H19ClN4O2/c19-13-10-14(21-11-12-4-8-20-9-5-12)17(25)23-15(13)16(24)22-18(23)6-2-1-3-7-18/h4-5,8-10,21H,1-3,6-7,11H2,(H,22,24). The number of amides is 1. The lowest BCUT2D eigenvalue weighted by atomic mass is 9.89. The van der Waals surface area contributed by atoms with E-state index in [1.54, 1.807) is 23.0 Å². The lowest BCUT2D eigenvalue weighted by Gasteiger charge is -2.35. The molecule has 7 heteroatoms. The van der Waals surface area contributed by atoms with Crippen LogP contribution in [0.3, 0.4) is 0 Å². The van der Waals surface area contributed by atoms with Crippen molar-refractivity contribution >= 4 is 23.2 Å². The molecule has 0 unspecified atom stereocenters. The molecule has 2 aromatic heterocycles. The van der Waals surface area contributed by atoms with Crippen LogP contribution < -0.4 is 16.2 Å². The summed E-state index contributed by atoms with van der Waals surface area (Å²) in [4.78, 5) is 29.5. The Morgan fingerprint density at radius 3 is 2.64 bits per heavy atom. The minimum absolute atomic E-state index is 0.200. The maximum absolute atomic E-state index is 13.1. The molecule has 3 heterocycles. The van der Waals surface area contributed by atoms with Crippen molar-refractivity contribution in [1.29, 1.82) is 0 Å². The monoisotopic (exact) mass is 358 g/mol. The Balaban J connectivity index is 1.74. The number of halogens is 1. The van der Waals surface area contributed by atoms with Crippen molar-refractivity contribution in [1.82, 2.24) is 14.9 Å². The summed E-state index contributed by atoms with van der Waals surface area (Å²) in [5, 5.41) is 6.48. The molecule has 0 bridgehead atoms. The highest BCUT2D eigenvalue weighted by atomic mass is 35.5. The van der Waals surface area contributed by atoms with E-state index in [1.165, 1.54) is 0 Å². The van der Waals surface area contributed by atoms with Crippen LogP contribution in [0, 0.1) is 0 Å². The predicted octanol–water partition coefficient (Wildman–Crippen LogP) is 2.87. The third-order valence-electron chi connectivity index (χ3n) is 5.06. The normalized spacial score (nSPS) is 18.0. The molecule has 2 N–H and O–H groups in total. The fraction of sp³-hybridized carbons (Fsp3) is 0.389. The van der Waals surface area contributed by atoms with E-state index in [2.05, 4.69) is 15.6 Å². The number of nitrogens with zero attached hydrogens (tertiary/aromatic N) is 2. The zero-order chi connectivity index (χ0) is 17.4. The molecule has 1 fully saturated rings. The molecule has 0 atom stereocenters. The summed E-state index contributed by atoms with van der Waals surface area (Å²) in [6, 6.07) is 5.32. The Labute approximate surface area is 150 Å². The number of fused-ring (bicyclic) bond motifs is 2. The lowest BCUT2D eigenvalue weighted by molar-refractivity contribution is 0.0877. The first-order chi connectivity index (χ1) is 12.1.